The highest BCUT2D eigenvalue weighted by molar-refractivity contribution is 7.14. The summed E-state index contributed by atoms with van der Waals surface area (Å²) >= 11 is 1.61. The summed E-state index contributed by atoms with van der Waals surface area (Å²) < 4.78 is 16.6. The number of rotatable bonds is 15. The lowest BCUT2D eigenvalue weighted by atomic mass is 9.83. The van der Waals surface area contributed by atoms with Crippen LogP contribution in [0.25, 0.3) is 0 Å². The molecule has 0 radical (unpaired) electrons. The van der Waals surface area contributed by atoms with Gasteiger partial charge in [0.1, 0.15) is 0 Å². The van der Waals surface area contributed by atoms with Gasteiger partial charge in [-0.15, -0.1) is 11.3 Å². The minimum Gasteiger partial charge on any atom is -0.493 e. The molecule has 0 saturated carbocycles. The van der Waals surface area contributed by atoms with Crippen molar-refractivity contribution in [1.29, 1.82) is 0 Å². The number of ether oxygens (including phenoxy) is 3. The number of nitrogens with zero attached hydrogens (tertiary/aromatic N) is 2. The van der Waals surface area contributed by atoms with Crippen molar-refractivity contribution in [2.24, 2.45) is 5.41 Å². The molecular weight excluding hydrogens is 572 g/mol. The molecule has 1 aromatic heterocycles. The zero-order valence-corrected chi connectivity index (χ0v) is 28.1. The Hall–Kier alpha value is -3.36. The van der Waals surface area contributed by atoms with Crippen LogP contribution in [0.3, 0.4) is 0 Å². The normalized spacial score (nSPS) is 14.0. The Morgan fingerprint density at radius 3 is 2.14 bits per heavy atom. The summed E-state index contributed by atoms with van der Waals surface area (Å²) in [6, 6.07) is 16.7. The Balaban J connectivity index is 1.21. The van der Waals surface area contributed by atoms with Gasteiger partial charge in [-0.05, 0) is 61.8 Å². The minimum atomic E-state index is -0.406. The summed E-state index contributed by atoms with van der Waals surface area (Å²) in [5, 5.41) is 0. The van der Waals surface area contributed by atoms with Gasteiger partial charge >= 0.3 is 0 Å². The molecule has 1 amide bonds. The van der Waals surface area contributed by atoms with Crippen LogP contribution in [0.5, 0.6) is 17.2 Å². The molecule has 44 heavy (non-hydrogen) atoms. The number of amides is 1. The molecule has 1 aliphatic heterocycles. The van der Waals surface area contributed by atoms with Gasteiger partial charge in [-0.3, -0.25) is 14.5 Å². The lowest BCUT2D eigenvalue weighted by molar-refractivity contribution is -0.135. The lowest BCUT2D eigenvalue weighted by Crippen LogP contribution is -2.49. The van der Waals surface area contributed by atoms with E-state index in [1.807, 2.05) is 36.9 Å². The molecule has 0 aliphatic carbocycles. The molecule has 7 nitrogen and oxygen atoms in total. The Bertz CT molecular complexity index is 1390. The molecular formula is C36H48N2O5S. The SMILES string of the molecule is COc1ccc(CN2CCN(C(=O)CC(C)(C)CC(=O)c3ccc(CCCCc4ccc(C)cc4)s3)CC2)c(OC)c1OC. The number of methoxy groups -OCH3 is 3. The van der Waals surface area contributed by atoms with Gasteiger partial charge in [0.2, 0.25) is 11.7 Å². The van der Waals surface area contributed by atoms with E-state index in [9.17, 15) is 9.59 Å². The second-order valence-corrected chi connectivity index (χ2v) is 13.7. The molecule has 1 fully saturated rings. The topological polar surface area (TPSA) is 68.3 Å². The van der Waals surface area contributed by atoms with Gasteiger partial charge < -0.3 is 19.1 Å². The molecule has 1 saturated heterocycles. The second kappa shape index (κ2) is 15.6. The van der Waals surface area contributed by atoms with E-state index in [-0.39, 0.29) is 11.7 Å². The maximum absolute atomic E-state index is 13.3. The predicted molar refractivity (Wildman–Crippen MR) is 177 cm³/mol. The molecule has 8 heteroatoms. The van der Waals surface area contributed by atoms with Crippen molar-refractivity contribution < 1.29 is 23.8 Å². The first-order chi connectivity index (χ1) is 21.1. The van der Waals surface area contributed by atoms with Crippen molar-refractivity contribution in [1.82, 2.24) is 9.80 Å². The molecule has 0 N–H and O–H groups in total. The van der Waals surface area contributed by atoms with E-state index >= 15 is 0 Å². The summed E-state index contributed by atoms with van der Waals surface area (Å²) in [4.78, 5) is 32.8. The fourth-order valence-electron chi connectivity index (χ4n) is 5.83. The first kappa shape index (κ1) is 33.5. The smallest absolute Gasteiger partial charge is 0.223 e. The van der Waals surface area contributed by atoms with E-state index in [2.05, 4.69) is 42.2 Å². The van der Waals surface area contributed by atoms with Gasteiger partial charge in [0.05, 0.1) is 26.2 Å². The number of Topliss-reactive ketones (excluding diaryl/α,β-unsaturated/α-hetero) is 1. The van der Waals surface area contributed by atoms with Gasteiger partial charge in [-0.2, -0.15) is 0 Å². The third kappa shape index (κ3) is 9.08. The summed E-state index contributed by atoms with van der Waals surface area (Å²) in [7, 11) is 4.85. The average Bonchev–Trinajstić information content (AvgIpc) is 3.49. The van der Waals surface area contributed by atoms with Crippen LogP contribution < -0.4 is 14.2 Å². The maximum atomic E-state index is 13.3. The third-order valence-electron chi connectivity index (χ3n) is 8.37. The van der Waals surface area contributed by atoms with E-state index in [1.165, 1.54) is 16.0 Å². The number of unbranched alkanes of at least 4 members (excludes halogenated alkanes) is 1. The van der Waals surface area contributed by atoms with E-state index in [1.54, 1.807) is 32.7 Å². The number of carbonyl (C=O) groups excluding carboxylic acids is 2. The molecule has 1 aliphatic rings. The van der Waals surface area contributed by atoms with E-state index < -0.39 is 5.41 Å². The molecule has 0 bridgehead atoms. The van der Waals surface area contributed by atoms with Gasteiger partial charge in [-0.1, -0.05) is 49.7 Å². The molecule has 238 valence electrons. The second-order valence-electron chi connectivity index (χ2n) is 12.5. The Morgan fingerprint density at radius 1 is 0.795 bits per heavy atom. The largest absolute Gasteiger partial charge is 0.493 e. The van der Waals surface area contributed by atoms with Crippen LogP contribution in [0, 0.1) is 12.3 Å². The van der Waals surface area contributed by atoms with E-state index in [0.717, 1.165) is 49.2 Å². The van der Waals surface area contributed by atoms with Gasteiger partial charge in [0.15, 0.2) is 17.3 Å². The highest BCUT2D eigenvalue weighted by Crippen LogP contribution is 2.40. The lowest BCUT2D eigenvalue weighted by Gasteiger charge is -2.36. The predicted octanol–water partition coefficient (Wildman–Crippen LogP) is 6.98. The van der Waals surface area contributed by atoms with Crippen molar-refractivity contribution in [3.8, 4) is 17.2 Å². The van der Waals surface area contributed by atoms with Crippen molar-refractivity contribution in [3.05, 3.63) is 75.0 Å². The summed E-state index contributed by atoms with van der Waals surface area (Å²) in [5.74, 6) is 2.14. The number of hydrogen-bond donors (Lipinski definition) is 0. The Kier molecular flexibility index (Phi) is 11.9. The highest BCUT2D eigenvalue weighted by atomic mass is 32.1. The van der Waals surface area contributed by atoms with Crippen LogP contribution in [-0.2, 0) is 24.2 Å². The van der Waals surface area contributed by atoms with Crippen LogP contribution in [0.4, 0.5) is 0 Å². The molecule has 2 heterocycles. The van der Waals surface area contributed by atoms with Crippen LogP contribution in [0.1, 0.15) is 70.8 Å². The van der Waals surface area contributed by atoms with Crippen LogP contribution in [0.15, 0.2) is 48.5 Å². The highest BCUT2D eigenvalue weighted by Gasteiger charge is 2.30. The summed E-state index contributed by atoms with van der Waals surface area (Å²) in [6.45, 7) is 9.73. The average molecular weight is 621 g/mol. The molecule has 0 atom stereocenters. The first-order valence-corrected chi connectivity index (χ1v) is 16.4. The number of piperazine rings is 1. The van der Waals surface area contributed by atoms with E-state index in [0.29, 0.717) is 49.7 Å². The number of ketones is 1. The van der Waals surface area contributed by atoms with Crippen molar-refractivity contribution in [2.75, 3.05) is 47.5 Å². The fourth-order valence-corrected chi connectivity index (χ4v) is 6.82. The van der Waals surface area contributed by atoms with Crippen molar-refractivity contribution in [2.45, 2.75) is 65.8 Å². The van der Waals surface area contributed by atoms with Crippen LogP contribution in [-0.4, -0.2) is 69.0 Å². The van der Waals surface area contributed by atoms with Gasteiger partial charge in [0.25, 0.3) is 0 Å². The van der Waals surface area contributed by atoms with Crippen molar-refractivity contribution >= 4 is 23.0 Å². The Morgan fingerprint density at radius 2 is 1.48 bits per heavy atom. The quantitative estimate of drug-likeness (QED) is 0.135. The monoisotopic (exact) mass is 620 g/mol. The fraction of sp³-hybridized carbons (Fsp3) is 0.500. The maximum Gasteiger partial charge on any atom is 0.223 e. The number of carbonyl (C=O) groups is 2. The number of thiophene rings is 1. The standard InChI is InChI=1S/C36H48N2O5S/c1-26-11-13-27(14-12-26)9-7-8-10-29-16-18-32(44-29)30(39)23-36(2,3)24-33(40)38-21-19-37(20-22-38)25-28-15-17-31(41-4)35(43-6)34(28)42-5/h11-18H,7-10,19-25H2,1-6H3. The zero-order chi connectivity index (χ0) is 31.7. The molecule has 0 spiro atoms. The third-order valence-corrected chi connectivity index (χ3v) is 9.56. The molecule has 2 aromatic carbocycles. The van der Waals surface area contributed by atoms with Gasteiger partial charge in [0, 0.05) is 56.0 Å². The molecule has 3 aromatic rings. The first-order valence-electron chi connectivity index (χ1n) is 15.6. The van der Waals surface area contributed by atoms with Crippen LogP contribution in [0.2, 0.25) is 0 Å². The van der Waals surface area contributed by atoms with Gasteiger partial charge in [-0.25, -0.2) is 0 Å². The minimum absolute atomic E-state index is 0.117. The summed E-state index contributed by atoms with van der Waals surface area (Å²) in [5.41, 5.74) is 3.28. The zero-order valence-electron chi connectivity index (χ0n) is 27.2. The summed E-state index contributed by atoms with van der Waals surface area (Å²) in [6.07, 6.45) is 5.05. The Labute approximate surface area is 267 Å². The molecule has 0 unspecified atom stereocenters. The van der Waals surface area contributed by atoms with Crippen LogP contribution >= 0.6 is 11.3 Å². The van der Waals surface area contributed by atoms with Crippen molar-refractivity contribution in [3.63, 3.8) is 0 Å². The van der Waals surface area contributed by atoms with E-state index in [4.69, 9.17) is 14.2 Å². The molecule has 4 rings (SSSR count). The number of hydrogen-bond acceptors (Lipinski definition) is 7. The number of aryl methyl sites for hydroxylation is 3. The number of benzene rings is 2.